The predicted molar refractivity (Wildman–Crippen MR) is 79.4 cm³/mol. The van der Waals surface area contributed by atoms with Gasteiger partial charge >= 0.3 is 5.97 Å². The molecule has 116 valence electrons. The molecule has 1 aromatic carbocycles. The molecule has 1 heterocycles. The van der Waals surface area contributed by atoms with E-state index in [-0.39, 0.29) is 6.54 Å². The van der Waals surface area contributed by atoms with Crippen LogP contribution in [-0.4, -0.2) is 49.3 Å². The summed E-state index contributed by atoms with van der Waals surface area (Å²) in [6.07, 6.45) is 0.450. The summed E-state index contributed by atoms with van der Waals surface area (Å²) in [6.45, 7) is 2.77. The molecule has 2 atom stereocenters. The van der Waals surface area contributed by atoms with E-state index in [4.69, 9.17) is 0 Å². The molecule has 6 nitrogen and oxygen atoms in total. The summed E-state index contributed by atoms with van der Waals surface area (Å²) < 4.78 is 26.5. The lowest BCUT2D eigenvalue weighted by Gasteiger charge is -2.24. The van der Waals surface area contributed by atoms with Crippen LogP contribution in [0.5, 0.6) is 0 Å². The first-order chi connectivity index (χ1) is 9.95. The summed E-state index contributed by atoms with van der Waals surface area (Å²) in [5, 5.41) is 8.92. The third kappa shape index (κ3) is 3.61. The average Bonchev–Trinajstić information content (AvgIpc) is 2.90. The number of aliphatic carboxylic acids is 1. The molecule has 0 aromatic heterocycles. The topological polar surface area (TPSA) is 86.7 Å². The Bertz CT molecular complexity index is 588. The molecule has 0 amide bonds. The molecule has 7 heteroatoms. The molecule has 1 aromatic rings. The van der Waals surface area contributed by atoms with Gasteiger partial charge in [-0.05, 0) is 12.0 Å². The van der Waals surface area contributed by atoms with E-state index in [1.165, 1.54) is 0 Å². The number of benzene rings is 1. The molecule has 0 spiro atoms. The van der Waals surface area contributed by atoms with Gasteiger partial charge in [-0.15, -0.1) is 0 Å². The van der Waals surface area contributed by atoms with Crippen molar-refractivity contribution >= 4 is 16.0 Å². The van der Waals surface area contributed by atoms with Gasteiger partial charge in [0.25, 0.3) is 0 Å². The molecule has 0 bridgehead atoms. The van der Waals surface area contributed by atoms with Gasteiger partial charge in [0.15, 0.2) is 0 Å². The van der Waals surface area contributed by atoms with Crippen molar-refractivity contribution in [3.8, 4) is 0 Å². The Balaban J connectivity index is 2.17. The van der Waals surface area contributed by atoms with E-state index >= 15 is 0 Å². The van der Waals surface area contributed by atoms with Gasteiger partial charge in [0.05, 0.1) is 5.25 Å². The molecule has 21 heavy (non-hydrogen) atoms. The molecule has 1 saturated heterocycles. The van der Waals surface area contributed by atoms with Crippen LogP contribution in [0.3, 0.4) is 0 Å². The second kappa shape index (κ2) is 6.55. The highest BCUT2D eigenvalue weighted by Gasteiger charge is 2.38. The largest absolute Gasteiger partial charge is 0.480 e. The van der Waals surface area contributed by atoms with Crippen LogP contribution >= 0.6 is 0 Å². The summed E-state index contributed by atoms with van der Waals surface area (Å²) in [6, 6.07) is 8.11. The maximum atomic E-state index is 12.0. The lowest BCUT2D eigenvalue weighted by atomic mass is 10.1. The van der Waals surface area contributed by atoms with E-state index in [9.17, 15) is 18.3 Å². The monoisotopic (exact) mass is 312 g/mol. The van der Waals surface area contributed by atoms with E-state index in [1.807, 2.05) is 6.07 Å². The highest BCUT2D eigenvalue weighted by atomic mass is 32.2. The van der Waals surface area contributed by atoms with Crippen molar-refractivity contribution in [1.82, 2.24) is 9.62 Å². The second-order valence-electron chi connectivity index (χ2n) is 5.10. The molecule has 2 rings (SSSR count). The fraction of sp³-hybridized carbons (Fsp3) is 0.500. The van der Waals surface area contributed by atoms with Gasteiger partial charge in [-0.25, -0.2) is 13.1 Å². The van der Waals surface area contributed by atoms with Crippen LogP contribution in [0.25, 0.3) is 0 Å². The number of rotatable bonds is 6. The molecule has 1 fully saturated rings. The Morgan fingerprint density at radius 1 is 1.43 bits per heavy atom. The number of nitrogens with one attached hydrogen (secondary N) is 1. The minimum Gasteiger partial charge on any atom is -0.480 e. The van der Waals surface area contributed by atoms with E-state index < -0.39 is 27.3 Å². The van der Waals surface area contributed by atoms with Crippen LogP contribution in [0.15, 0.2) is 30.3 Å². The molecule has 2 N–H and O–H groups in total. The molecular weight excluding hydrogens is 292 g/mol. The third-order valence-corrected chi connectivity index (χ3v) is 5.63. The van der Waals surface area contributed by atoms with Crippen molar-refractivity contribution in [3.05, 3.63) is 35.9 Å². The maximum absolute atomic E-state index is 12.0. The van der Waals surface area contributed by atoms with Gasteiger partial charge in [-0.1, -0.05) is 37.3 Å². The van der Waals surface area contributed by atoms with Gasteiger partial charge in [0.2, 0.25) is 10.0 Å². The Morgan fingerprint density at radius 2 is 2.10 bits per heavy atom. The van der Waals surface area contributed by atoms with Gasteiger partial charge in [-0.2, -0.15) is 0 Å². The molecular formula is C14H20N2O4S. The normalized spacial score (nSPS) is 21.3. The van der Waals surface area contributed by atoms with Crippen LogP contribution in [0, 0.1) is 0 Å². The number of hydrogen-bond donors (Lipinski definition) is 2. The summed E-state index contributed by atoms with van der Waals surface area (Å²) in [4.78, 5) is 13.3. The highest BCUT2D eigenvalue weighted by molar-refractivity contribution is 7.90. The van der Waals surface area contributed by atoms with E-state index in [1.54, 1.807) is 36.1 Å². The standard InChI is InChI=1S/C14H20N2O4S/c1-2-15-21(19,20)12-8-9-16(10-12)13(14(17)18)11-6-4-3-5-7-11/h3-7,12-13,15H,2,8-10H2,1H3,(H,17,18). The zero-order valence-electron chi connectivity index (χ0n) is 11.9. The van der Waals surface area contributed by atoms with Crippen LogP contribution in [0.1, 0.15) is 24.9 Å². The van der Waals surface area contributed by atoms with Crippen molar-refractivity contribution in [2.75, 3.05) is 19.6 Å². The number of carboxylic acids is 1. The van der Waals surface area contributed by atoms with Crippen LogP contribution < -0.4 is 4.72 Å². The maximum Gasteiger partial charge on any atom is 0.325 e. The zero-order valence-corrected chi connectivity index (χ0v) is 12.7. The lowest BCUT2D eigenvalue weighted by molar-refractivity contribution is -0.143. The van der Waals surface area contributed by atoms with Crippen LogP contribution in [0.4, 0.5) is 0 Å². The molecule has 1 aliphatic heterocycles. The van der Waals surface area contributed by atoms with Crippen LogP contribution in [0.2, 0.25) is 0 Å². The van der Waals surface area contributed by atoms with Crippen molar-refractivity contribution in [2.24, 2.45) is 0 Å². The van der Waals surface area contributed by atoms with Crippen LogP contribution in [-0.2, 0) is 14.8 Å². The number of hydrogen-bond acceptors (Lipinski definition) is 4. The molecule has 1 aliphatic rings. The predicted octanol–water partition coefficient (Wildman–Crippen LogP) is 0.826. The Hall–Kier alpha value is -1.44. The Kier molecular flexibility index (Phi) is 4.97. The fourth-order valence-corrected chi connectivity index (χ4v) is 4.15. The number of nitrogens with zero attached hydrogens (tertiary/aromatic N) is 1. The minimum absolute atomic E-state index is 0.237. The number of carboxylic acid groups (broad SMARTS) is 1. The summed E-state index contributed by atoms with van der Waals surface area (Å²) in [5.41, 5.74) is 0.673. The fourth-order valence-electron chi connectivity index (χ4n) is 2.71. The van der Waals surface area contributed by atoms with Gasteiger partial charge in [0.1, 0.15) is 6.04 Å². The Morgan fingerprint density at radius 3 is 2.67 bits per heavy atom. The summed E-state index contributed by atoms with van der Waals surface area (Å²) in [7, 11) is -3.37. The number of likely N-dealkylation sites (tertiary alicyclic amines) is 1. The molecule has 0 radical (unpaired) electrons. The SMILES string of the molecule is CCNS(=O)(=O)C1CCN(C(C(=O)O)c2ccccc2)C1. The zero-order chi connectivity index (χ0) is 15.5. The highest BCUT2D eigenvalue weighted by Crippen LogP contribution is 2.27. The van der Waals surface area contributed by atoms with Gasteiger partial charge < -0.3 is 5.11 Å². The first-order valence-corrected chi connectivity index (χ1v) is 8.50. The molecule has 2 unspecified atom stereocenters. The van der Waals surface area contributed by atoms with E-state index in [0.717, 1.165) is 0 Å². The minimum atomic E-state index is -3.37. The van der Waals surface area contributed by atoms with Crippen molar-refractivity contribution in [1.29, 1.82) is 0 Å². The molecule has 0 aliphatic carbocycles. The molecule has 0 saturated carbocycles. The van der Waals surface area contributed by atoms with E-state index in [0.29, 0.717) is 25.1 Å². The third-order valence-electron chi connectivity index (χ3n) is 3.68. The quantitative estimate of drug-likeness (QED) is 0.812. The summed E-state index contributed by atoms with van der Waals surface area (Å²) in [5.74, 6) is -0.956. The van der Waals surface area contributed by atoms with Crippen molar-refractivity contribution in [2.45, 2.75) is 24.6 Å². The smallest absolute Gasteiger partial charge is 0.325 e. The van der Waals surface area contributed by atoms with Crippen molar-refractivity contribution in [3.63, 3.8) is 0 Å². The Labute approximate surface area is 124 Å². The number of sulfonamides is 1. The summed E-state index contributed by atoms with van der Waals surface area (Å²) >= 11 is 0. The average molecular weight is 312 g/mol. The first kappa shape index (κ1) is 15.9. The lowest BCUT2D eigenvalue weighted by Crippen LogP contribution is -2.38. The van der Waals surface area contributed by atoms with E-state index in [2.05, 4.69) is 4.72 Å². The second-order valence-corrected chi connectivity index (χ2v) is 7.15. The van der Waals surface area contributed by atoms with Gasteiger partial charge in [0, 0.05) is 19.6 Å². The van der Waals surface area contributed by atoms with Crippen molar-refractivity contribution < 1.29 is 18.3 Å². The van der Waals surface area contributed by atoms with Gasteiger partial charge in [-0.3, -0.25) is 9.69 Å². The number of carbonyl (C=O) groups is 1. The first-order valence-electron chi connectivity index (χ1n) is 6.96.